The first kappa shape index (κ1) is 12.3. The van der Waals surface area contributed by atoms with Gasteiger partial charge in [0.05, 0.1) is 5.56 Å². The highest BCUT2D eigenvalue weighted by atomic mass is 19.1. The summed E-state index contributed by atoms with van der Waals surface area (Å²) in [5, 5.41) is 11.1. The average molecular weight is 249 g/mol. The summed E-state index contributed by atoms with van der Waals surface area (Å²) in [5.74, 6) is -2.18. The number of carboxylic acids is 1. The van der Waals surface area contributed by atoms with Gasteiger partial charge in [0.25, 0.3) is 5.91 Å². The van der Waals surface area contributed by atoms with Crippen molar-refractivity contribution >= 4 is 18.0 Å². The van der Waals surface area contributed by atoms with Crippen LogP contribution < -0.4 is 5.32 Å². The zero-order chi connectivity index (χ0) is 13.1. The highest BCUT2D eigenvalue weighted by Crippen LogP contribution is 2.20. The number of hydrogen-bond acceptors (Lipinski definition) is 2. The van der Waals surface area contributed by atoms with Crippen molar-refractivity contribution in [2.24, 2.45) is 0 Å². The molecule has 0 unspecified atom stereocenters. The minimum absolute atomic E-state index is 0.0191. The van der Waals surface area contributed by atoms with E-state index in [4.69, 9.17) is 5.11 Å². The molecule has 1 aliphatic rings. The number of carboxylic acid groups (broad SMARTS) is 1. The quantitative estimate of drug-likeness (QED) is 0.800. The maximum absolute atomic E-state index is 13.7. The van der Waals surface area contributed by atoms with Crippen LogP contribution in [0, 0.1) is 5.82 Å². The van der Waals surface area contributed by atoms with Crippen molar-refractivity contribution < 1.29 is 19.1 Å². The third-order valence-electron chi connectivity index (χ3n) is 2.57. The molecule has 0 atom stereocenters. The van der Waals surface area contributed by atoms with E-state index in [9.17, 15) is 14.0 Å². The predicted molar refractivity (Wildman–Crippen MR) is 63.6 cm³/mol. The van der Waals surface area contributed by atoms with Crippen LogP contribution >= 0.6 is 0 Å². The number of nitrogens with one attached hydrogen (secondary N) is 1. The second kappa shape index (κ2) is 5.00. The molecule has 1 aromatic carbocycles. The van der Waals surface area contributed by atoms with Crippen molar-refractivity contribution in [3.63, 3.8) is 0 Å². The monoisotopic (exact) mass is 249 g/mol. The summed E-state index contributed by atoms with van der Waals surface area (Å²) in [6.07, 6.45) is 4.06. The number of carbonyl (C=O) groups is 2. The lowest BCUT2D eigenvalue weighted by Crippen LogP contribution is -2.26. The van der Waals surface area contributed by atoms with E-state index in [0.717, 1.165) is 25.0 Å². The Morgan fingerprint density at radius 1 is 1.39 bits per heavy atom. The van der Waals surface area contributed by atoms with Gasteiger partial charge in [-0.3, -0.25) is 4.79 Å². The Kier molecular flexibility index (Phi) is 3.41. The van der Waals surface area contributed by atoms with Gasteiger partial charge >= 0.3 is 5.97 Å². The minimum atomic E-state index is -1.11. The number of rotatable bonds is 4. The van der Waals surface area contributed by atoms with E-state index in [0.29, 0.717) is 5.56 Å². The fourth-order valence-corrected chi connectivity index (χ4v) is 1.48. The van der Waals surface area contributed by atoms with Gasteiger partial charge in [-0.1, -0.05) is 6.07 Å². The summed E-state index contributed by atoms with van der Waals surface area (Å²) >= 11 is 0. The van der Waals surface area contributed by atoms with Crippen molar-refractivity contribution in [2.75, 3.05) is 0 Å². The molecule has 0 radical (unpaired) electrons. The number of aliphatic carboxylic acids is 1. The van der Waals surface area contributed by atoms with Gasteiger partial charge in [-0.05, 0) is 36.6 Å². The third kappa shape index (κ3) is 3.16. The molecule has 94 valence electrons. The summed E-state index contributed by atoms with van der Waals surface area (Å²) in [6, 6.07) is 4.17. The lowest BCUT2D eigenvalue weighted by Gasteiger charge is -2.05. The van der Waals surface area contributed by atoms with E-state index < -0.39 is 17.7 Å². The molecule has 0 aromatic heterocycles. The van der Waals surface area contributed by atoms with Crippen LogP contribution in [0.3, 0.4) is 0 Å². The van der Waals surface area contributed by atoms with Crippen molar-refractivity contribution in [3.05, 3.63) is 41.2 Å². The van der Waals surface area contributed by atoms with Crippen LogP contribution in [0.2, 0.25) is 0 Å². The molecular formula is C13H12FNO3. The molecule has 4 nitrogen and oxygen atoms in total. The molecule has 1 fully saturated rings. The smallest absolute Gasteiger partial charge is 0.328 e. The largest absolute Gasteiger partial charge is 0.478 e. The van der Waals surface area contributed by atoms with Crippen molar-refractivity contribution in [3.8, 4) is 0 Å². The first-order valence-corrected chi connectivity index (χ1v) is 5.57. The zero-order valence-electron chi connectivity index (χ0n) is 9.52. The van der Waals surface area contributed by atoms with Crippen molar-refractivity contribution in [1.82, 2.24) is 5.32 Å². The van der Waals surface area contributed by atoms with Crippen LogP contribution in [-0.4, -0.2) is 23.0 Å². The van der Waals surface area contributed by atoms with E-state index in [2.05, 4.69) is 5.32 Å². The third-order valence-corrected chi connectivity index (χ3v) is 2.57. The number of hydrogen-bond donors (Lipinski definition) is 2. The van der Waals surface area contributed by atoms with Crippen LogP contribution in [0.1, 0.15) is 28.8 Å². The Hall–Kier alpha value is -2.17. The van der Waals surface area contributed by atoms with Gasteiger partial charge in [-0.25, -0.2) is 9.18 Å². The Balaban J connectivity index is 2.13. The molecule has 0 saturated heterocycles. The van der Waals surface area contributed by atoms with Gasteiger partial charge in [-0.2, -0.15) is 0 Å². The second-order valence-corrected chi connectivity index (χ2v) is 4.16. The Bertz CT molecular complexity index is 521. The van der Waals surface area contributed by atoms with E-state index in [-0.39, 0.29) is 11.6 Å². The molecule has 2 N–H and O–H groups in total. The van der Waals surface area contributed by atoms with Gasteiger partial charge < -0.3 is 10.4 Å². The van der Waals surface area contributed by atoms with Crippen LogP contribution in [0.25, 0.3) is 6.08 Å². The summed E-state index contributed by atoms with van der Waals surface area (Å²) in [5.41, 5.74) is 0.382. The molecule has 1 amide bonds. The van der Waals surface area contributed by atoms with E-state index in [1.807, 2.05) is 0 Å². The minimum Gasteiger partial charge on any atom is -0.478 e. The van der Waals surface area contributed by atoms with Crippen LogP contribution in [-0.2, 0) is 4.79 Å². The highest BCUT2D eigenvalue weighted by molar-refractivity contribution is 5.95. The van der Waals surface area contributed by atoms with Crippen molar-refractivity contribution in [1.29, 1.82) is 0 Å². The highest BCUT2D eigenvalue weighted by Gasteiger charge is 2.24. The standard InChI is InChI=1S/C13H12FNO3/c14-11-7-8(2-6-12(16)17)1-5-10(11)13(18)15-9-3-4-9/h1-2,5-7,9H,3-4H2,(H,15,18)(H,16,17). The summed E-state index contributed by atoms with van der Waals surface area (Å²) < 4.78 is 13.7. The molecule has 5 heteroatoms. The van der Waals surface area contributed by atoms with Crippen LogP contribution in [0.4, 0.5) is 4.39 Å². The Labute approximate surface area is 103 Å². The lowest BCUT2D eigenvalue weighted by atomic mass is 10.1. The predicted octanol–water partition coefficient (Wildman–Crippen LogP) is 1.82. The van der Waals surface area contributed by atoms with Crippen LogP contribution in [0.5, 0.6) is 0 Å². The van der Waals surface area contributed by atoms with Gasteiger partial charge in [0.15, 0.2) is 0 Å². The molecule has 1 aromatic rings. The van der Waals surface area contributed by atoms with E-state index >= 15 is 0 Å². The number of benzene rings is 1. The molecule has 2 rings (SSSR count). The first-order chi connectivity index (χ1) is 8.56. The maximum atomic E-state index is 13.7. The van der Waals surface area contributed by atoms with Crippen LogP contribution in [0.15, 0.2) is 24.3 Å². The molecule has 1 saturated carbocycles. The average Bonchev–Trinajstić information content (AvgIpc) is 3.10. The Morgan fingerprint density at radius 2 is 2.11 bits per heavy atom. The topological polar surface area (TPSA) is 66.4 Å². The molecule has 0 heterocycles. The Morgan fingerprint density at radius 3 is 2.67 bits per heavy atom. The normalized spacial score (nSPS) is 14.7. The number of carbonyl (C=O) groups excluding carboxylic acids is 1. The maximum Gasteiger partial charge on any atom is 0.328 e. The van der Waals surface area contributed by atoms with Gasteiger partial charge in [0.2, 0.25) is 0 Å². The molecule has 1 aliphatic carbocycles. The first-order valence-electron chi connectivity index (χ1n) is 5.57. The molecule has 0 bridgehead atoms. The SMILES string of the molecule is O=C(O)C=Cc1ccc(C(=O)NC2CC2)c(F)c1. The fraction of sp³-hybridized carbons (Fsp3) is 0.231. The van der Waals surface area contributed by atoms with Crippen molar-refractivity contribution in [2.45, 2.75) is 18.9 Å². The van der Waals surface area contributed by atoms with E-state index in [1.54, 1.807) is 0 Å². The number of amides is 1. The second-order valence-electron chi connectivity index (χ2n) is 4.16. The summed E-state index contributed by atoms with van der Waals surface area (Å²) in [6.45, 7) is 0. The lowest BCUT2D eigenvalue weighted by molar-refractivity contribution is -0.131. The molecule has 18 heavy (non-hydrogen) atoms. The van der Waals surface area contributed by atoms with Gasteiger partial charge in [0, 0.05) is 12.1 Å². The fourth-order valence-electron chi connectivity index (χ4n) is 1.48. The molecule has 0 spiro atoms. The van der Waals surface area contributed by atoms with E-state index in [1.165, 1.54) is 18.2 Å². The summed E-state index contributed by atoms with van der Waals surface area (Å²) in [7, 11) is 0. The molecule has 0 aliphatic heterocycles. The zero-order valence-corrected chi connectivity index (χ0v) is 9.52. The molecular weight excluding hydrogens is 237 g/mol. The summed E-state index contributed by atoms with van der Waals surface area (Å²) in [4.78, 5) is 21.9. The van der Waals surface area contributed by atoms with Gasteiger partial charge in [0.1, 0.15) is 5.82 Å². The number of halogens is 1. The van der Waals surface area contributed by atoms with Gasteiger partial charge in [-0.15, -0.1) is 0 Å².